The monoisotopic (exact) mass is 565 g/mol. The fourth-order valence-corrected chi connectivity index (χ4v) is 5.50. The van der Waals surface area contributed by atoms with Gasteiger partial charge in [-0.15, -0.1) is 0 Å². The van der Waals surface area contributed by atoms with Crippen molar-refractivity contribution in [3.63, 3.8) is 0 Å². The summed E-state index contributed by atoms with van der Waals surface area (Å²) in [7, 11) is 0. The van der Waals surface area contributed by atoms with Crippen LogP contribution in [0.15, 0.2) is 77.8 Å². The summed E-state index contributed by atoms with van der Waals surface area (Å²) in [6, 6.07) is 21.6. The highest BCUT2D eigenvalue weighted by Crippen LogP contribution is 2.32. The molecule has 0 saturated carbocycles. The molecule has 1 aliphatic rings. The molecule has 1 amide bonds. The average molecular weight is 567 g/mol. The van der Waals surface area contributed by atoms with Gasteiger partial charge in [0.05, 0.1) is 29.4 Å². The lowest BCUT2D eigenvalue weighted by atomic mass is 9.95. The summed E-state index contributed by atoms with van der Waals surface area (Å²) < 4.78 is 0. The van der Waals surface area contributed by atoms with Crippen LogP contribution in [0.3, 0.4) is 0 Å². The van der Waals surface area contributed by atoms with Crippen LogP contribution in [0.25, 0.3) is 0 Å². The fraction of sp³-hybridized carbons (Fsp3) is 0.323. The van der Waals surface area contributed by atoms with E-state index in [0.29, 0.717) is 33.4 Å². The van der Waals surface area contributed by atoms with E-state index >= 15 is 0 Å². The Morgan fingerprint density at radius 2 is 1.74 bits per heavy atom. The van der Waals surface area contributed by atoms with Crippen LogP contribution in [-0.2, 0) is 16.0 Å². The highest BCUT2D eigenvalue weighted by Gasteiger charge is 2.42. The number of nitrogens with zero attached hydrogens (tertiary/aromatic N) is 2. The molecule has 0 aliphatic carbocycles. The van der Waals surface area contributed by atoms with Crippen molar-refractivity contribution in [1.82, 2.24) is 4.90 Å². The molecule has 1 heterocycles. The summed E-state index contributed by atoms with van der Waals surface area (Å²) >= 11 is 12.5. The van der Waals surface area contributed by atoms with E-state index in [2.05, 4.69) is 17.1 Å². The summed E-state index contributed by atoms with van der Waals surface area (Å²) in [5.74, 6) is -1.03. The third-order valence-electron chi connectivity index (χ3n) is 7.30. The van der Waals surface area contributed by atoms with Gasteiger partial charge in [0.15, 0.2) is 0 Å². The molecule has 6 nitrogen and oxygen atoms in total. The lowest BCUT2D eigenvalue weighted by Gasteiger charge is -2.33. The number of hydrogen-bond donors (Lipinski definition) is 2. The Morgan fingerprint density at radius 3 is 2.41 bits per heavy atom. The number of likely N-dealkylation sites (N-methyl/N-ethyl adjacent to an activating group) is 1. The van der Waals surface area contributed by atoms with Gasteiger partial charge in [0.25, 0.3) is 0 Å². The lowest BCUT2D eigenvalue weighted by Crippen LogP contribution is -2.50. The van der Waals surface area contributed by atoms with Crippen molar-refractivity contribution in [3.05, 3.63) is 99.5 Å². The van der Waals surface area contributed by atoms with Crippen molar-refractivity contribution < 1.29 is 14.7 Å². The number of likely N-dealkylation sites (tertiary alicyclic amines) is 1. The first kappa shape index (κ1) is 28.8. The topological polar surface area (TPSA) is 82.0 Å². The van der Waals surface area contributed by atoms with Gasteiger partial charge in [-0.2, -0.15) is 0 Å². The molecule has 1 aliphatic heterocycles. The van der Waals surface area contributed by atoms with E-state index in [1.165, 1.54) is 0 Å². The summed E-state index contributed by atoms with van der Waals surface area (Å²) in [6.45, 7) is 5.71. The maximum absolute atomic E-state index is 13.6. The second-order valence-electron chi connectivity index (χ2n) is 10.0. The largest absolute Gasteiger partial charge is 0.481 e. The summed E-state index contributed by atoms with van der Waals surface area (Å²) in [6.07, 6.45) is 1.98. The Balaban J connectivity index is 1.78. The number of carbonyl (C=O) groups excluding carboxylic acids is 1. The number of aliphatic carboxylic acids is 1. The van der Waals surface area contributed by atoms with Gasteiger partial charge in [-0.25, -0.2) is 0 Å². The van der Waals surface area contributed by atoms with Crippen LogP contribution < -0.4 is 5.32 Å². The molecule has 204 valence electrons. The number of rotatable bonds is 10. The first-order chi connectivity index (χ1) is 18.7. The van der Waals surface area contributed by atoms with Crippen LogP contribution in [0.1, 0.15) is 49.8 Å². The number of amides is 1. The van der Waals surface area contributed by atoms with Crippen LogP contribution in [0.5, 0.6) is 0 Å². The molecule has 1 fully saturated rings. The molecule has 8 heteroatoms. The van der Waals surface area contributed by atoms with Gasteiger partial charge in [-0.05, 0) is 75.2 Å². The average Bonchev–Trinajstić information content (AvgIpc) is 3.31. The molecule has 3 aromatic rings. The van der Waals surface area contributed by atoms with E-state index in [9.17, 15) is 14.7 Å². The standard InChI is InChI=1S/C31H33Cl2N3O3/c1-3-36-17-7-16-31(36,2)30(39)35-27-15-14-24(33)19-26(27)29(22-8-5-4-6-9-22)34-25(20-28(37)38)18-21-10-12-23(32)13-11-21/h4-6,8-15,19,25H,3,7,16-18,20H2,1-2H3,(H,35,39)(H,37,38)/t25-,31-/m1/s1. The Morgan fingerprint density at radius 1 is 1.05 bits per heavy atom. The fourth-order valence-electron chi connectivity index (χ4n) is 5.20. The molecule has 2 atom stereocenters. The molecule has 3 aromatic carbocycles. The van der Waals surface area contributed by atoms with Crippen molar-refractivity contribution in [1.29, 1.82) is 0 Å². The predicted octanol–water partition coefficient (Wildman–Crippen LogP) is 6.73. The SMILES string of the molecule is CCN1CCC[C@]1(C)C(=O)Nc1ccc(Cl)cc1C(=N[C@@H](CC(=O)O)Cc1ccc(Cl)cc1)c1ccccc1. The third kappa shape index (κ3) is 7.07. The molecular formula is C31H33Cl2N3O3. The molecule has 39 heavy (non-hydrogen) atoms. The maximum atomic E-state index is 13.6. The van der Waals surface area contributed by atoms with Crippen LogP contribution in [0.2, 0.25) is 10.0 Å². The van der Waals surface area contributed by atoms with E-state index in [0.717, 1.165) is 37.1 Å². The summed E-state index contributed by atoms with van der Waals surface area (Å²) in [5.41, 5.74) is 2.89. The van der Waals surface area contributed by atoms with Gasteiger partial charge in [0.2, 0.25) is 5.91 Å². The molecule has 0 radical (unpaired) electrons. The van der Waals surface area contributed by atoms with Crippen molar-refractivity contribution in [2.24, 2.45) is 4.99 Å². The Labute approximate surface area is 239 Å². The molecule has 2 N–H and O–H groups in total. The van der Waals surface area contributed by atoms with Gasteiger partial charge in [-0.3, -0.25) is 19.5 Å². The van der Waals surface area contributed by atoms with E-state index in [1.807, 2.05) is 49.4 Å². The first-order valence-corrected chi connectivity index (χ1v) is 13.9. The van der Waals surface area contributed by atoms with Crippen LogP contribution in [0.4, 0.5) is 5.69 Å². The van der Waals surface area contributed by atoms with E-state index in [-0.39, 0.29) is 12.3 Å². The zero-order valence-electron chi connectivity index (χ0n) is 22.2. The smallest absolute Gasteiger partial charge is 0.305 e. The maximum Gasteiger partial charge on any atom is 0.305 e. The number of hydrogen-bond acceptors (Lipinski definition) is 4. The highest BCUT2D eigenvalue weighted by atomic mass is 35.5. The second kappa shape index (κ2) is 12.8. The van der Waals surface area contributed by atoms with Gasteiger partial charge < -0.3 is 10.4 Å². The quantitative estimate of drug-likeness (QED) is 0.267. The van der Waals surface area contributed by atoms with Crippen molar-refractivity contribution >= 4 is 46.5 Å². The number of carbonyl (C=O) groups is 2. The Kier molecular flexibility index (Phi) is 9.44. The van der Waals surface area contributed by atoms with Crippen molar-refractivity contribution in [2.75, 3.05) is 18.4 Å². The van der Waals surface area contributed by atoms with E-state index in [1.54, 1.807) is 30.3 Å². The minimum atomic E-state index is -0.946. The molecular weight excluding hydrogens is 533 g/mol. The molecule has 0 aromatic heterocycles. The third-order valence-corrected chi connectivity index (χ3v) is 7.79. The van der Waals surface area contributed by atoms with Gasteiger partial charge in [0, 0.05) is 21.2 Å². The number of carboxylic acid groups (broad SMARTS) is 1. The van der Waals surface area contributed by atoms with Crippen LogP contribution in [0, 0.1) is 0 Å². The van der Waals surface area contributed by atoms with Gasteiger partial charge in [0.1, 0.15) is 0 Å². The molecule has 0 unspecified atom stereocenters. The van der Waals surface area contributed by atoms with Crippen LogP contribution in [-0.4, -0.2) is 52.3 Å². The molecule has 4 rings (SSSR count). The normalized spacial score (nSPS) is 18.6. The minimum Gasteiger partial charge on any atom is -0.481 e. The zero-order valence-corrected chi connectivity index (χ0v) is 23.7. The zero-order chi connectivity index (χ0) is 28.0. The number of anilines is 1. The number of halogens is 2. The number of aliphatic imine (C=N–C) groups is 1. The van der Waals surface area contributed by atoms with Gasteiger partial charge in [-0.1, -0.05) is 72.6 Å². The van der Waals surface area contributed by atoms with Crippen LogP contribution >= 0.6 is 23.2 Å². The molecule has 0 spiro atoms. The van der Waals surface area contributed by atoms with E-state index < -0.39 is 17.6 Å². The van der Waals surface area contributed by atoms with Crippen molar-refractivity contribution in [3.8, 4) is 0 Å². The second-order valence-corrected chi connectivity index (χ2v) is 10.9. The van der Waals surface area contributed by atoms with E-state index in [4.69, 9.17) is 28.2 Å². The first-order valence-electron chi connectivity index (χ1n) is 13.2. The Bertz CT molecular complexity index is 1340. The lowest BCUT2D eigenvalue weighted by molar-refractivity contribution is -0.137. The number of carboxylic acids is 1. The number of nitrogens with one attached hydrogen (secondary N) is 1. The highest BCUT2D eigenvalue weighted by molar-refractivity contribution is 6.32. The summed E-state index contributed by atoms with van der Waals surface area (Å²) in [5, 5.41) is 14.0. The Hall–Kier alpha value is -3.19. The molecule has 1 saturated heterocycles. The van der Waals surface area contributed by atoms with Gasteiger partial charge >= 0.3 is 5.97 Å². The minimum absolute atomic E-state index is 0.0823. The number of benzene rings is 3. The summed E-state index contributed by atoms with van der Waals surface area (Å²) in [4.78, 5) is 32.7. The predicted molar refractivity (Wildman–Crippen MR) is 158 cm³/mol. The molecule has 0 bridgehead atoms. The van der Waals surface area contributed by atoms with Crippen molar-refractivity contribution in [2.45, 2.75) is 51.1 Å².